The minimum absolute atomic E-state index is 0.0365. The van der Waals surface area contributed by atoms with Gasteiger partial charge >= 0.3 is 0 Å². The number of amides is 1. The van der Waals surface area contributed by atoms with Crippen LogP contribution in [0.5, 0.6) is 0 Å². The van der Waals surface area contributed by atoms with Gasteiger partial charge in [0.2, 0.25) is 5.91 Å². The van der Waals surface area contributed by atoms with Crippen LogP contribution in [-0.4, -0.2) is 11.6 Å². The average Bonchev–Trinajstić information content (AvgIpc) is 2.67. The molecule has 1 amide bonds. The molecule has 2 N–H and O–H groups in total. The van der Waals surface area contributed by atoms with E-state index < -0.39 is 0 Å². The fourth-order valence-corrected chi connectivity index (χ4v) is 2.47. The maximum absolute atomic E-state index is 11.9. The molecule has 1 spiro atoms. The van der Waals surface area contributed by atoms with Crippen molar-refractivity contribution in [3.8, 4) is 6.07 Å². The highest BCUT2D eigenvalue weighted by Crippen LogP contribution is 2.36. The van der Waals surface area contributed by atoms with E-state index >= 15 is 0 Å². The summed E-state index contributed by atoms with van der Waals surface area (Å²) in [5, 5.41) is 15.1. The first kappa shape index (κ1) is 10.3. The van der Waals surface area contributed by atoms with Gasteiger partial charge in [0, 0.05) is 0 Å². The van der Waals surface area contributed by atoms with E-state index in [1.165, 1.54) is 0 Å². The minimum Gasteiger partial charge on any atom is -0.336 e. The second kappa shape index (κ2) is 3.57. The molecule has 4 heteroatoms. The largest absolute Gasteiger partial charge is 0.336 e. The van der Waals surface area contributed by atoms with E-state index in [9.17, 15) is 4.79 Å². The van der Waals surface area contributed by atoms with Crippen LogP contribution >= 0.6 is 0 Å². The summed E-state index contributed by atoms with van der Waals surface area (Å²) in [6, 6.07) is 8.97. The van der Waals surface area contributed by atoms with Crippen molar-refractivity contribution >= 4 is 5.91 Å². The first-order valence-corrected chi connectivity index (χ1v) is 5.82. The normalized spacial score (nSPS) is 25.1. The summed E-state index contributed by atoms with van der Waals surface area (Å²) in [5.41, 5.74) is 1.38. The molecule has 1 aliphatic carbocycles. The van der Waals surface area contributed by atoms with Crippen molar-refractivity contribution < 1.29 is 4.79 Å². The highest BCUT2D eigenvalue weighted by molar-refractivity contribution is 5.86. The van der Waals surface area contributed by atoms with Crippen LogP contribution in [-0.2, 0) is 4.79 Å². The molecule has 1 aromatic rings. The molecule has 1 atom stereocenters. The fraction of sp³-hybridized carbons (Fsp3) is 0.385. The zero-order chi connectivity index (χ0) is 11.9. The second-order valence-corrected chi connectivity index (χ2v) is 4.74. The first-order valence-electron chi connectivity index (χ1n) is 5.82. The maximum atomic E-state index is 11.9. The van der Waals surface area contributed by atoms with Crippen LogP contribution in [0.4, 0.5) is 0 Å². The van der Waals surface area contributed by atoms with Crippen LogP contribution in [0.2, 0.25) is 0 Å². The average molecular weight is 227 g/mol. The number of carbonyl (C=O) groups is 1. The molecule has 2 aliphatic rings. The molecule has 1 heterocycles. The fourth-order valence-electron chi connectivity index (χ4n) is 2.47. The Morgan fingerprint density at radius 3 is 2.47 bits per heavy atom. The van der Waals surface area contributed by atoms with Gasteiger partial charge in [-0.2, -0.15) is 5.26 Å². The summed E-state index contributed by atoms with van der Waals surface area (Å²) in [4.78, 5) is 11.9. The van der Waals surface area contributed by atoms with Crippen LogP contribution in [0.1, 0.15) is 36.4 Å². The van der Waals surface area contributed by atoms with Crippen LogP contribution in [0, 0.1) is 11.3 Å². The molecular weight excluding hydrogens is 214 g/mol. The van der Waals surface area contributed by atoms with Gasteiger partial charge in [0.1, 0.15) is 6.04 Å². The molecule has 3 rings (SSSR count). The lowest BCUT2D eigenvalue weighted by Crippen LogP contribution is -2.55. The van der Waals surface area contributed by atoms with Crippen molar-refractivity contribution in [3.63, 3.8) is 0 Å². The number of nitrogens with zero attached hydrogens (tertiary/aromatic N) is 1. The zero-order valence-electron chi connectivity index (χ0n) is 9.36. The van der Waals surface area contributed by atoms with Gasteiger partial charge in [-0.25, -0.2) is 0 Å². The Morgan fingerprint density at radius 1 is 1.29 bits per heavy atom. The standard InChI is InChI=1S/C13H13N3O/c14-8-9-2-4-10(5-3-9)11-12(17)16-13(15-11)6-1-7-13/h2-5,11,15H,1,6-7H2,(H,16,17). The van der Waals surface area contributed by atoms with Crippen molar-refractivity contribution in [2.45, 2.75) is 31.0 Å². The molecule has 4 nitrogen and oxygen atoms in total. The molecule has 1 aromatic carbocycles. The Hall–Kier alpha value is -1.86. The van der Waals surface area contributed by atoms with E-state index in [1.54, 1.807) is 12.1 Å². The van der Waals surface area contributed by atoms with Crippen molar-refractivity contribution in [3.05, 3.63) is 35.4 Å². The van der Waals surface area contributed by atoms with Gasteiger partial charge in [-0.3, -0.25) is 10.1 Å². The lowest BCUT2D eigenvalue weighted by molar-refractivity contribution is -0.121. The Kier molecular flexibility index (Phi) is 2.17. The molecule has 17 heavy (non-hydrogen) atoms. The molecule has 0 bridgehead atoms. The Bertz CT molecular complexity index is 496. The quantitative estimate of drug-likeness (QED) is 0.757. The van der Waals surface area contributed by atoms with Gasteiger partial charge < -0.3 is 5.32 Å². The van der Waals surface area contributed by atoms with E-state index in [-0.39, 0.29) is 17.6 Å². The summed E-state index contributed by atoms with van der Waals surface area (Å²) in [5.74, 6) is 0.0365. The predicted octanol–water partition coefficient (Wildman–Crippen LogP) is 1.20. The number of hydrogen-bond acceptors (Lipinski definition) is 3. The molecular formula is C13H13N3O. The Balaban J connectivity index is 1.84. The van der Waals surface area contributed by atoms with Crippen LogP contribution in [0.15, 0.2) is 24.3 Å². The SMILES string of the molecule is N#Cc1ccc(C2NC3(CCC3)NC2=O)cc1. The second-order valence-electron chi connectivity index (χ2n) is 4.74. The summed E-state index contributed by atoms with van der Waals surface area (Å²) < 4.78 is 0. The molecule has 2 fully saturated rings. The van der Waals surface area contributed by atoms with Crippen molar-refractivity contribution in [1.29, 1.82) is 5.26 Å². The van der Waals surface area contributed by atoms with Gasteiger partial charge in [-0.1, -0.05) is 12.1 Å². The van der Waals surface area contributed by atoms with Gasteiger partial charge in [0.25, 0.3) is 0 Å². The zero-order valence-corrected chi connectivity index (χ0v) is 9.36. The highest BCUT2D eigenvalue weighted by atomic mass is 16.2. The Labute approximate surface area is 99.6 Å². The number of rotatable bonds is 1. The molecule has 0 aromatic heterocycles. The van der Waals surface area contributed by atoms with Gasteiger partial charge in [-0.15, -0.1) is 0 Å². The van der Waals surface area contributed by atoms with E-state index in [0.29, 0.717) is 5.56 Å². The lowest BCUT2D eigenvalue weighted by atomic mass is 9.85. The Morgan fingerprint density at radius 2 is 2.00 bits per heavy atom. The molecule has 1 saturated heterocycles. The van der Waals surface area contributed by atoms with E-state index in [0.717, 1.165) is 24.8 Å². The number of benzene rings is 1. The van der Waals surface area contributed by atoms with Crippen molar-refractivity contribution in [2.24, 2.45) is 0 Å². The number of nitriles is 1. The highest BCUT2D eigenvalue weighted by Gasteiger charge is 2.47. The minimum atomic E-state index is -0.275. The monoisotopic (exact) mass is 227 g/mol. The van der Waals surface area contributed by atoms with Gasteiger partial charge in [-0.05, 0) is 37.0 Å². The van der Waals surface area contributed by atoms with Crippen LogP contribution in [0.25, 0.3) is 0 Å². The molecule has 86 valence electrons. The first-order chi connectivity index (χ1) is 8.22. The lowest BCUT2D eigenvalue weighted by Gasteiger charge is -2.38. The maximum Gasteiger partial charge on any atom is 0.243 e. The molecule has 1 unspecified atom stereocenters. The van der Waals surface area contributed by atoms with Gasteiger partial charge in [0.15, 0.2) is 0 Å². The van der Waals surface area contributed by atoms with E-state index in [4.69, 9.17) is 5.26 Å². The third-order valence-corrected chi connectivity index (χ3v) is 3.63. The third-order valence-electron chi connectivity index (χ3n) is 3.63. The summed E-state index contributed by atoms with van der Waals surface area (Å²) in [6.07, 6.45) is 3.17. The smallest absolute Gasteiger partial charge is 0.243 e. The number of hydrogen-bond donors (Lipinski definition) is 2. The van der Waals surface area contributed by atoms with Crippen molar-refractivity contribution in [2.75, 3.05) is 0 Å². The summed E-state index contributed by atoms with van der Waals surface area (Å²) >= 11 is 0. The number of carbonyl (C=O) groups excluding carboxylic acids is 1. The van der Waals surface area contributed by atoms with E-state index in [2.05, 4.69) is 16.7 Å². The summed E-state index contributed by atoms with van der Waals surface area (Å²) in [6.45, 7) is 0. The van der Waals surface area contributed by atoms with Gasteiger partial charge in [0.05, 0.1) is 17.3 Å². The molecule has 0 radical (unpaired) electrons. The third kappa shape index (κ3) is 1.60. The summed E-state index contributed by atoms with van der Waals surface area (Å²) in [7, 11) is 0. The van der Waals surface area contributed by atoms with E-state index in [1.807, 2.05) is 12.1 Å². The number of nitrogens with one attached hydrogen (secondary N) is 2. The van der Waals surface area contributed by atoms with Crippen LogP contribution in [0.3, 0.4) is 0 Å². The van der Waals surface area contributed by atoms with Crippen molar-refractivity contribution in [1.82, 2.24) is 10.6 Å². The molecule has 1 aliphatic heterocycles. The predicted molar refractivity (Wildman–Crippen MR) is 61.8 cm³/mol. The topological polar surface area (TPSA) is 64.9 Å². The van der Waals surface area contributed by atoms with Crippen LogP contribution < -0.4 is 10.6 Å². The molecule has 1 saturated carbocycles.